The molecule has 0 bridgehead atoms. The molecule has 1 saturated carbocycles. The largest absolute Gasteiger partial charge is 0.493 e. The lowest BCUT2D eigenvalue weighted by atomic mass is 9.58. The molecule has 3 N–H and O–H groups in total. The van der Waals surface area contributed by atoms with Crippen LogP contribution in [-0.4, -0.2) is 46.0 Å². The van der Waals surface area contributed by atoms with Crippen LogP contribution >= 0.6 is 0 Å². The zero-order valence-corrected chi connectivity index (χ0v) is 16.7. The fourth-order valence-corrected chi connectivity index (χ4v) is 4.04. The maximum Gasteiger partial charge on any atom is 0.188 e. The highest BCUT2D eigenvalue weighted by Gasteiger charge is 2.53. The molecule has 26 heavy (non-hydrogen) atoms. The number of aliphatic imine (C=N–C) groups is 1. The summed E-state index contributed by atoms with van der Waals surface area (Å²) in [6.45, 7) is 5.06. The number of methoxy groups -OCH3 is 3. The van der Waals surface area contributed by atoms with Crippen molar-refractivity contribution in [2.75, 3.05) is 27.9 Å². The first-order chi connectivity index (χ1) is 12.5. The average Bonchev–Trinajstić information content (AvgIpc) is 2.65. The maximum atomic E-state index is 6.12. The Bertz CT molecular complexity index is 614. The summed E-state index contributed by atoms with van der Waals surface area (Å²) in [5.41, 5.74) is 7.41. The van der Waals surface area contributed by atoms with Gasteiger partial charge in [0.15, 0.2) is 17.5 Å². The van der Waals surface area contributed by atoms with Crippen molar-refractivity contribution in [1.29, 1.82) is 0 Å². The van der Waals surface area contributed by atoms with Gasteiger partial charge in [-0.1, -0.05) is 19.9 Å². The van der Waals surface area contributed by atoms with Crippen LogP contribution in [0.3, 0.4) is 0 Å². The van der Waals surface area contributed by atoms with E-state index < -0.39 is 0 Å². The van der Waals surface area contributed by atoms with Crippen LogP contribution in [0.5, 0.6) is 11.5 Å². The van der Waals surface area contributed by atoms with E-state index in [9.17, 15) is 0 Å². The van der Waals surface area contributed by atoms with E-state index in [1.165, 1.54) is 0 Å². The van der Waals surface area contributed by atoms with Crippen molar-refractivity contribution in [3.63, 3.8) is 0 Å². The first-order valence-electron chi connectivity index (χ1n) is 9.34. The standard InChI is InChI=1S/C20H33N3O3/c1-6-20(7-2)17(13-18(20)26-5)23-19(21)22-11-10-14-8-9-15(24-3)16(12-14)25-4/h8-9,12,17-18H,6-7,10-11,13H2,1-5H3,(H3,21,22,23). The van der Waals surface area contributed by atoms with Crippen LogP contribution in [0.15, 0.2) is 23.2 Å². The van der Waals surface area contributed by atoms with Crippen LogP contribution < -0.4 is 20.5 Å². The van der Waals surface area contributed by atoms with Crippen LogP contribution in [0.25, 0.3) is 0 Å². The third-order valence-electron chi connectivity index (χ3n) is 5.84. The number of guanidine groups is 1. The molecule has 2 rings (SSSR count). The molecule has 0 amide bonds. The third-order valence-corrected chi connectivity index (χ3v) is 5.84. The van der Waals surface area contributed by atoms with E-state index in [2.05, 4.69) is 24.2 Å². The highest BCUT2D eigenvalue weighted by molar-refractivity contribution is 5.78. The van der Waals surface area contributed by atoms with Gasteiger partial charge in [0.05, 0.1) is 20.3 Å². The molecule has 6 heteroatoms. The second kappa shape index (κ2) is 9.12. The van der Waals surface area contributed by atoms with Gasteiger partial charge in [-0.2, -0.15) is 0 Å². The number of hydrogen-bond acceptors (Lipinski definition) is 4. The van der Waals surface area contributed by atoms with Gasteiger partial charge < -0.3 is 25.3 Å². The second-order valence-corrected chi connectivity index (χ2v) is 6.80. The van der Waals surface area contributed by atoms with E-state index in [-0.39, 0.29) is 5.41 Å². The van der Waals surface area contributed by atoms with Crippen LogP contribution in [-0.2, 0) is 11.2 Å². The van der Waals surface area contributed by atoms with E-state index in [4.69, 9.17) is 19.9 Å². The fraction of sp³-hybridized carbons (Fsp3) is 0.650. The molecule has 0 saturated heterocycles. The molecular formula is C20H33N3O3. The van der Waals surface area contributed by atoms with Gasteiger partial charge >= 0.3 is 0 Å². The summed E-state index contributed by atoms with van der Waals surface area (Å²) in [5.74, 6) is 1.97. The second-order valence-electron chi connectivity index (χ2n) is 6.80. The van der Waals surface area contributed by atoms with E-state index in [0.717, 1.165) is 42.7 Å². The maximum absolute atomic E-state index is 6.12. The topological polar surface area (TPSA) is 78.1 Å². The summed E-state index contributed by atoms with van der Waals surface area (Å²) in [5, 5.41) is 3.40. The quantitative estimate of drug-likeness (QED) is 0.521. The Kier molecular flexibility index (Phi) is 7.14. The minimum Gasteiger partial charge on any atom is -0.493 e. The van der Waals surface area contributed by atoms with E-state index in [1.54, 1.807) is 21.3 Å². The Hall–Kier alpha value is -1.95. The van der Waals surface area contributed by atoms with E-state index >= 15 is 0 Å². The van der Waals surface area contributed by atoms with Gasteiger partial charge in [0.2, 0.25) is 0 Å². The van der Waals surface area contributed by atoms with Crippen molar-refractivity contribution in [2.24, 2.45) is 16.1 Å². The van der Waals surface area contributed by atoms with Crippen molar-refractivity contribution in [3.8, 4) is 11.5 Å². The minimum atomic E-state index is 0.151. The summed E-state index contributed by atoms with van der Waals surface area (Å²) in [4.78, 5) is 4.49. The third kappa shape index (κ3) is 4.06. The first-order valence-corrected chi connectivity index (χ1v) is 9.34. The molecule has 0 radical (unpaired) electrons. The Morgan fingerprint density at radius 2 is 1.88 bits per heavy atom. The molecule has 1 aromatic carbocycles. The monoisotopic (exact) mass is 363 g/mol. The summed E-state index contributed by atoms with van der Waals surface area (Å²) in [6, 6.07) is 6.24. The summed E-state index contributed by atoms with van der Waals surface area (Å²) in [7, 11) is 5.07. The highest BCUT2D eigenvalue weighted by atomic mass is 16.5. The van der Waals surface area contributed by atoms with Crippen molar-refractivity contribution in [2.45, 2.75) is 51.7 Å². The molecule has 2 unspecified atom stereocenters. The van der Waals surface area contributed by atoms with E-state index in [1.807, 2.05) is 18.2 Å². The molecule has 1 aliphatic rings. The molecule has 0 heterocycles. The molecule has 2 atom stereocenters. The van der Waals surface area contributed by atoms with Gasteiger partial charge in [0.1, 0.15) is 0 Å². The lowest BCUT2D eigenvalue weighted by molar-refractivity contribution is -0.118. The van der Waals surface area contributed by atoms with E-state index in [0.29, 0.717) is 24.7 Å². The molecule has 1 fully saturated rings. The Labute approximate surface area is 157 Å². The zero-order chi connectivity index (χ0) is 19.2. The van der Waals surface area contributed by atoms with Crippen molar-refractivity contribution < 1.29 is 14.2 Å². The van der Waals surface area contributed by atoms with Crippen molar-refractivity contribution in [3.05, 3.63) is 23.8 Å². The van der Waals surface area contributed by atoms with Gasteiger partial charge in [-0.15, -0.1) is 0 Å². The van der Waals surface area contributed by atoms with Gasteiger partial charge in [-0.3, -0.25) is 4.99 Å². The summed E-state index contributed by atoms with van der Waals surface area (Å²) in [6.07, 6.45) is 4.21. The molecular weight excluding hydrogens is 330 g/mol. The highest BCUT2D eigenvalue weighted by Crippen LogP contribution is 2.48. The van der Waals surface area contributed by atoms with Crippen LogP contribution in [0, 0.1) is 5.41 Å². The Balaban J connectivity index is 1.91. The number of nitrogens with zero attached hydrogens (tertiary/aromatic N) is 1. The number of nitrogens with one attached hydrogen (secondary N) is 1. The number of rotatable bonds is 9. The number of nitrogens with two attached hydrogens (primary N) is 1. The first kappa shape index (κ1) is 20.4. The average molecular weight is 364 g/mol. The predicted octanol–water partition coefficient (Wildman–Crippen LogP) is 2.74. The van der Waals surface area contributed by atoms with Gasteiger partial charge in [0.25, 0.3) is 0 Å². The number of ether oxygens (including phenoxy) is 3. The lowest BCUT2D eigenvalue weighted by Crippen LogP contribution is -2.65. The van der Waals surface area contributed by atoms with Gasteiger partial charge in [-0.05, 0) is 43.4 Å². The summed E-state index contributed by atoms with van der Waals surface area (Å²) < 4.78 is 16.2. The van der Waals surface area contributed by atoms with Crippen LogP contribution in [0.1, 0.15) is 38.7 Å². The molecule has 146 valence electrons. The molecule has 0 aliphatic heterocycles. The Morgan fingerprint density at radius 3 is 2.46 bits per heavy atom. The molecule has 6 nitrogen and oxygen atoms in total. The van der Waals surface area contributed by atoms with Gasteiger partial charge in [0, 0.05) is 25.1 Å². The van der Waals surface area contributed by atoms with Gasteiger partial charge in [-0.25, -0.2) is 0 Å². The molecule has 1 aliphatic carbocycles. The van der Waals surface area contributed by atoms with Crippen molar-refractivity contribution >= 4 is 5.96 Å². The predicted molar refractivity (Wildman–Crippen MR) is 105 cm³/mol. The molecule has 0 spiro atoms. The van der Waals surface area contributed by atoms with Crippen molar-refractivity contribution in [1.82, 2.24) is 5.32 Å². The molecule has 0 aromatic heterocycles. The zero-order valence-electron chi connectivity index (χ0n) is 16.7. The Morgan fingerprint density at radius 1 is 1.19 bits per heavy atom. The van der Waals surface area contributed by atoms with Crippen LogP contribution in [0.2, 0.25) is 0 Å². The SMILES string of the molecule is CCC1(CC)C(NC(N)=NCCc2ccc(OC)c(OC)c2)CC1OC. The van der Waals surface area contributed by atoms with Crippen LogP contribution in [0.4, 0.5) is 0 Å². The molecule has 1 aromatic rings. The smallest absolute Gasteiger partial charge is 0.188 e. The lowest BCUT2D eigenvalue weighted by Gasteiger charge is -2.55. The number of benzene rings is 1. The minimum absolute atomic E-state index is 0.151. The fourth-order valence-electron chi connectivity index (χ4n) is 4.04. The number of hydrogen-bond donors (Lipinski definition) is 2. The normalized spacial score (nSPS) is 21.8. The summed E-state index contributed by atoms with van der Waals surface area (Å²) >= 11 is 0.